The number of thiophene rings is 2. The third-order valence-corrected chi connectivity index (χ3v) is 5.95. The number of carbonyl (C=O) groups excluding carboxylic acids is 2. The van der Waals surface area contributed by atoms with Crippen molar-refractivity contribution in [3.05, 3.63) is 68.5 Å². The topological polar surface area (TPSA) is 61.4 Å². The lowest BCUT2D eigenvalue weighted by Gasteiger charge is -2.17. The summed E-state index contributed by atoms with van der Waals surface area (Å²) in [5.41, 5.74) is 2.68. The average molecular weight is 383 g/mol. The maximum absolute atomic E-state index is 12.7. The summed E-state index contributed by atoms with van der Waals surface area (Å²) in [6.07, 6.45) is 0.831. The van der Waals surface area contributed by atoms with Gasteiger partial charge in [0.1, 0.15) is 0 Å². The van der Waals surface area contributed by atoms with Gasteiger partial charge in [-0.2, -0.15) is 0 Å². The fourth-order valence-corrected chi connectivity index (χ4v) is 4.27. The van der Waals surface area contributed by atoms with E-state index in [1.165, 1.54) is 11.3 Å². The number of anilines is 2. The molecular formula is C19H17N3O2S2. The first-order valence-corrected chi connectivity index (χ1v) is 10.0. The average Bonchev–Trinajstić information content (AvgIpc) is 3.40. The summed E-state index contributed by atoms with van der Waals surface area (Å²) >= 11 is 3.05. The van der Waals surface area contributed by atoms with E-state index in [-0.39, 0.29) is 11.9 Å². The van der Waals surface area contributed by atoms with Crippen molar-refractivity contribution in [3.8, 4) is 0 Å². The van der Waals surface area contributed by atoms with E-state index in [0.29, 0.717) is 18.8 Å². The number of nitrogens with one attached hydrogen (secondary N) is 2. The Morgan fingerprint density at radius 1 is 1.08 bits per heavy atom. The molecule has 0 spiro atoms. The van der Waals surface area contributed by atoms with Gasteiger partial charge in [-0.1, -0.05) is 18.2 Å². The first kappa shape index (κ1) is 16.8. The monoisotopic (exact) mass is 383 g/mol. The first-order valence-electron chi connectivity index (χ1n) is 8.26. The minimum atomic E-state index is -0.257. The van der Waals surface area contributed by atoms with E-state index in [1.807, 2.05) is 53.2 Å². The summed E-state index contributed by atoms with van der Waals surface area (Å²) in [6, 6.07) is 13.1. The quantitative estimate of drug-likeness (QED) is 0.704. The van der Waals surface area contributed by atoms with Crippen LogP contribution < -0.4 is 15.5 Å². The van der Waals surface area contributed by atoms with Gasteiger partial charge in [-0.3, -0.25) is 4.79 Å². The number of rotatable bonds is 4. The normalized spacial score (nSPS) is 12.7. The van der Waals surface area contributed by atoms with E-state index in [1.54, 1.807) is 16.2 Å². The number of urea groups is 1. The van der Waals surface area contributed by atoms with Crippen molar-refractivity contribution in [2.24, 2.45) is 0 Å². The smallest absolute Gasteiger partial charge is 0.319 e. The van der Waals surface area contributed by atoms with Gasteiger partial charge in [-0.05, 0) is 47.0 Å². The predicted molar refractivity (Wildman–Crippen MR) is 106 cm³/mol. The molecule has 7 heteroatoms. The summed E-state index contributed by atoms with van der Waals surface area (Å²) in [6.45, 7) is 1.16. The van der Waals surface area contributed by atoms with Crippen LogP contribution in [0.4, 0.5) is 16.2 Å². The van der Waals surface area contributed by atoms with Gasteiger partial charge in [0.15, 0.2) is 0 Å². The van der Waals surface area contributed by atoms with Crippen molar-refractivity contribution in [2.75, 3.05) is 16.8 Å². The van der Waals surface area contributed by atoms with Gasteiger partial charge in [0.05, 0.1) is 11.4 Å². The number of benzene rings is 1. The van der Waals surface area contributed by atoms with Gasteiger partial charge in [0.25, 0.3) is 5.91 Å². The third kappa shape index (κ3) is 3.49. The second kappa shape index (κ2) is 7.31. The van der Waals surface area contributed by atoms with Crippen molar-refractivity contribution < 1.29 is 9.59 Å². The SMILES string of the molecule is O=C(NCc1cccs1)Nc1ccc2c(c1)N(C(=O)c1cccs1)CC2. The molecule has 4 rings (SSSR count). The Morgan fingerprint density at radius 2 is 1.92 bits per heavy atom. The summed E-state index contributed by atoms with van der Waals surface area (Å²) in [5, 5.41) is 9.57. The molecule has 26 heavy (non-hydrogen) atoms. The number of hydrogen-bond acceptors (Lipinski definition) is 4. The summed E-state index contributed by atoms with van der Waals surface area (Å²) < 4.78 is 0. The van der Waals surface area contributed by atoms with Crippen molar-refractivity contribution in [3.63, 3.8) is 0 Å². The Hall–Kier alpha value is -2.64. The van der Waals surface area contributed by atoms with Gasteiger partial charge in [0, 0.05) is 22.8 Å². The lowest BCUT2D eigenvalue weighted by molar-refractivity contribution is 0.0993. The van der Waals surface area contributed by atoms with Crippen molar-refractivity contribution in [1.82, 2.24) is 5.32 Å². The number of fused-ring (bicyclic) bond motifs is 1. The molecule has 0 unspecified atom stereocenters. The van der Waals surface area contributed by atoms with Crippen LogP contribution in [0.15, 0.2) is 53.2 Å². The molecular weight excluding hydrogens is 366 g/mol. The van der Waals surface area contributed by atoms with Gasteiger partial charge < -0.3 is 15.5 Å². The van der Waals surface area contributed by atoms with Crippen molar-refractivity contribution in [2.45, 2.75) is 13.0 Å². The molecule has 0 aliphatic carbocycles. The zero-order chi connectivity index (χ0) is 17.9. The second-order valence-electron chi connectivity index (χ2n) is 5.91. The van der Waals surface area contributed by atoms with E-state index in [2.05, 4.69) is 10.6 Å². The van der Waals surface area contributed by atoms with Gasteiger partial charge in [0.2, 0.25) is 0 Å². The predicted octanol–water partition coefficient (Wildman–Crippen LogP) is 4.33. The van der Waals surface area contributed by atoms with E-state index in [9.17, 15) is 9.59 Å². The van der Waals surface area contributed by atoms with Crippen LogP contribution in [0.5, 0.6) is 0 Å². The van der Waals surface area contributed by atoms with Crippen molar-refractivity contribution >= 4 is 46.0 Å². The number of hydrogen-bond donors (Lipinski definition) is 2. The molecule has 0 bridgehead atoms. The Morgan fingerprint density at radius 3 is 2.69 bits per heavy atom. The van der Waals surface area contributed by atoms with E-state index < -0.39 is 0 Å². The largest absolute Gasteiger partial charge is 0.333 e. The Kier molecular flexibility index (Phi) is 4.73. The van der Waals surface area contributed by atoms with Crippen LogP contribution in [-0.4, -0.2) is 18.5 Å². The first-order chi connectivity index (χ1) is 12.7. The number of nitrogens with zero attached hydrogens (tertiary/aromatic N) is 1. The minimum Gasteiger partial charge on any atom is -0.333 e. The molecule has 0 fully saturated rings. The highest BCUT2D eigenvalue weighted by Crippen LogP contribution is 2.32. The Labute approximate surface area is 159 Å². The van der Waals surface area contributed by atoms with E-state index in [0.717, 1.165) is 27.4 Å². The Bertz CT molecular complexity index is 920. The van der Waals surface area contributed by atoms with Crippen LogP contribution in [0.25, 0.3) is 0 Å². The van der Waals surface area contributed by atoms with Crippen LogP contribution in [0.3, 0.4) is 0 Å². The molecule has 1 aliphatic heterocycles. The summed E-state index contributed by atoms with van der Waals surface area (Å²) in [4.78, 5) is 28.4. The molecule has 5 nitrogen and oxygen atoms in total. The lowest BCUT2D eigenvalue weighted by atomic mass is 10.1. The van der Waals surface area contributed by atoms with Gasteiger partial charge in [-0.25, -0.2) is 4.79 Å². The van der Waals surface area contributed by atoms with Crippen LogP contribution >= 0.6 is 22.7 Å². The molecule has 2 aromatic heterocycles. The molecule has 3 amide bonds. The van der Waals surface area contributed by atoms with Crippen LogP contribution in [0, 0.1) is 0 Å². The highest BCUT2D eigenvalue weighted by atomic mass is 32.1. The maximum Gasteiger partial charge on any atom is 0.319 e. The molecule has 3 aromatic rings. The molecule has 2 N–H and O–H groups in total. The Balaban J connectivity index is 1.45. The van der Waals surface area contributed by atoms with Crippen molar-refractivity contribution in [1.29, 1.82) is 0 Å². The van der Waals surface area contributed by atoms with E-state index in [4.69, 9.17) is 0 Å². The molecule has 1 aliphatic rings. The summed E-state index contributed by atoms with van der Waals surface area (Å²) in [7, 11) is 0. The fraction of sp³-hybridized carbons (Fsp3) is 0.158. The highest BCUT2D eigenvalue weighted by molar-refractivity contribution is 7.12. The zero-order valence-electron chi connectivity index (χ0n) is 13.9. The minimum absolute atomic E-state index is 0.0121. The van der Waals surface area contributed by atoms with Gasteiger partial charge >= 0.3 is 6.03 Å². The molecule has 132 valence electrons. The molecule has 0 radical (unpaired) electrons. The van der Waals surface area contributed by atoms with Crippen LogP contribution in [0.2, 0.25) is 0 Å². The molecule has 0 atom stereocenters. The molecule has 0 saturated heterocycles. The highest BCUT2D eigenvalue weighted by Gasteiger charge is 2.26. The van der Waals surface area contributed by atoms with Crippen LogP contribution in [0.1, 0.15) is 20.1 Å². The van der Waals surface area contributed by atoms with Gasteiger partial charge in [-0.15, -0.1) is 22.7 Å². The van der Waals surface area contributed by atoms with E-state index >= 15 is 0 Å². The molecule has 0 saturated carbocycles. The third-order valence-electron chi connectivity index (χ3n) is 4.22. The summed E-state index contributed by atoms with van der Waals surface area (Å²) in [5.74, 6) is 0.0121. The second-order valence-corrected chi connectivity index (χ2v) is 7.89. The molecule has 3 heterocycles. The maximum atomic E-state index is 12.7. The fourth-order valence-electron chi connectivity index (χ4n) is 2.96. The number of amides is 3. The standard InChI is InChI=1S/C19H17N3O2S2/c23-18(17-4-2-10-26-17)22-8-7-13-5-6-14(11-16(13)22)21-19(24)20-12-15-3-1-9-25-15/h1-6,9-11H,7-8,12H2,(H2,20,21,24). The van der Waals surface area contributed by atoms with Crippen LogP contribution in [-0.2, 0) is 13.0 Å². The number of carbonyl (C=O) groups is 2. The zero-order valence-corrected chi connectivity index (χ0v) is 15.5. The molecule has 1 aromatic carbocycles. The lowest BCUT2D eigenvalue weighted by Crippen LogP contribution is -2.29.